The monoisotopic (exact) mass is 348 g/mol. The molecule has 0 spiro atoms. The first kappa shape index (κ1) is 19.2. The third-order valence-electron chi connectivity index (χ3n) is 4.68. The molecule has 0 saturated carbocycles. The van der Waals surface area contributed by atoms with Crippen LogP contribution in [0, 0.1) is 0 Å². The molecular formula is C18H28N4O3. The van der Waals surface area contributed by atoms with E-state index in [1.54, 1.807) is 7.11 Å². The van der Waals surface area contributed by atoms with Crippen molar-refractivity contribution in [2.75, 3.05) is 46.9 Å². The highest BCUT2D eigenvalue weighted by atomic mass is 16.5. The van der Waals surface area contributed by atoms with Crippen molar-refractivity contribution in [2.45, 2.75) is 19.4 Å². The van der Waals surface area contributed by atoms with Crippen LogP contribution in [0.1, 0.15) is 24.9 Å². The van der Waals surface area contributed by atoms with Crippen molar-refractivity contribution in [3.63, 3.8) is 0 Å². The van der Waals surface area contributed by atoms with Crippen molar-refractivity contribution < 1.29 is 14.3 Å². The maximum Gasteiger partial charge on any atom is 0.321 e. The molecule has 3 amide bonds. The number of imide groups is 1. The van der Waals surface area contributed by atoms with Gasteiger partial charge in [0.25, 0.3) is 0 Å². The van der Waals surface area contributed by atoms with Crippen LogP contribution in [0.3, 0.4) is 0 Å². The van der Waals surface area contributed by atoms with Crippen LogP contribution in [0.15, 0.2) is 24.3 Å². The van der Waals surface area contributed by atoms with E-state index in [1.807, 2.05) is 18.2 Å². The maximum absolute atomic E-state index is 11.7. The van der Waals surface area contributed by atoms with Crippen molar-refractivity contribution in [3.05, 3.63) is 29.8 Å². The van der Waals surface area contributed by atoms with Gasteiger partial charge in [0.2, 0.25) is 5.91 Å². The zero-order chi connectivity index (χ0) is 18.2. The molecule has 0 bridgehead atoms. The van der Waals surface area contributed by atoms with Gasteiger partial charge in [-0.05, 0) is 13.0 Å². The summed E-state index contributed by atoms with van der Waals surface area (Å²) in [5, 5.41) is 4.67. The second-order valence-corrected chi connectivity index (χ2v) is 6.17. The summed E-state index contributed by atoms with van der Waals surface area (Å²) in [4.78, 5) is 27.5. The topological polar surface area (TPSA) is 73.9 Å². The summed E-state index contributed by atoms with van der Waals surface area (Å²) < 4.78 is 5.47. The van der Waals surface area contributed by atoms with E-state index >= 15 is 0 Å². The predicted molar refractivity (Wildman–Crippen MR) is 96.6 cm³/mol. The summed E-state index contributed by atoms with van der Waals surface area (Å²) in [7, 11) is 3.19. The molecule has 25 heavy (non-hydrogen) atoms. The van der Waals surface area contributed by atoms with Crippen LogP contribution in [0.2, 0.25) is 0 Å². The molecule has 2 rings (SSSR count). The standard InChI is InChI=1S/C18H28N4O3/c1-14(15-6-4-5-7-16(15)25-3)22-12-10-21(11-13-22)9-8-17(23)20-18(24)19-2/h4-7,14H,8-13H2,1-3H3,(H2,19,20,23,24)/t14-/m0/s1. The van der Waals surface area contributed by atoms with Gasteiger partial charge in [0.1, 0.15) is 5.75 Å². The first-order chi connectivity index (χ1) is 12.0. The molecule has 1 saturated heterocycles. The maximum atomic E-state index is 11.7. The Morgan fingerprint density at radius 3 is 2.52 bits per heavy atom. The summed E-state index contributed by atoms with van der Waals surface area (Å²) in [5.74, 6) is 0.674. The van der Waals surface area contributed by atoms with Gasteiger partial charge in [0.15, 0.2) is 0 Å². The summed E-state index contributed by atoms with van der Waals surface area (Å²) in [6.07, 6.45) is 0.329. The largest absolute Gasteiger partial charge is 0.496 e. The SMILES string of the molecule is CNC(=O)NC(=O)CCN1CCN([C@@H](C)c2ccccc2OC)CC1. The number of ether oxygens (including phenoxy) is 1. The van der Waals surface area contributed by atoms with Crippen molar-refractivity contribution >= 4 is 11.9 Å². The minimum Gasteiger partial charge on any atom is -0.496 e. The number of carbonyl (C=O) groups excluding carboxylic acids is 2. The summed E-state index contributed by atoms with van der Waals surface area (Å²) >= 11 is 0. The number of amides is 3. The number of carbonyl (C=O) groups is 2. The lowest BCUT2D eigenvalue weighted by atomic mass is 10.0. The van der Waals surface area contributed by atoms with Crippen molar-refractivity contribution in [3.8, 4) is 5.75 Å². The predicted octanol–water partition coefficient (Wildman–Crippen LogP) is 1.22. The number of hydrogen-bond acceptors (Lipinski definition) is 5. The Kier molecular flexibility index (Phi) is 7.21. The van der Waals surface area contributed by atoms with Gasteiger partial charge in [-0.3, -0.25) is 15.0 Å². The average Bonchev–Trinajstić information content (AvgIpc) is 2.66. The molecule has 2 N–H and O–H groups in total. The Balaban J connectivity index is 1.79. The van der Waals surface area contributed by atoms with Gasteiger partial charge in [-0.1, -0.05) is 18.2 Å². The van der Waals surface area contributed by atoms with E-state index in [9.17, 15) is 9.59 Å². The van der Waals surface area contributed by atoms with E-state index in [0.717, 1.165) is 31.9 Å². The fourth-order valence-electron chi connectivity index (χ4n) is 3.09. The van der Waals surface area contributed by atoms with Gasteiger partial charge < -0.3 is 15.0 Å². The van der Waals surface area contributed by atoms with Crippen LogP contribution < -0.4 is 15.4 Å². The number of rotatable bonds is 6. The molecule has 1 fully saturated rings. The van der Waals surface area contributed by atoms with Crippen LogP contribution in [0.25, 0.3) is 0 Å². The number of methoxy groups -OCH3 is 1. The third-order valence-corrected chi connectivity index (χ3v) is 4.68. The number of benzene rings is 1. The molecular weight excluding hydrogens is 320 g/mol. The first-order valence-corrected chi connectivity index (χ1v) is 8.66. The normalized spacial score (nSPS) is 16.9. The van der Waals surface area contributed by atoms with E-state index in [4.69, 9.17) is 4.74 Å². The van der Waals surface area contributed by atoms with E-state index in [1.165, 1.54) is 12.6 Å². The lowest BCUT2D eigenvalue weighted by molar-refractivity contribution is -0.120. The van der Waals surface area contributed by atoms with Gasteiger partial charge in [-0.2, -0.15) is 0 Å². The van der Waals surface area contributed by atoms with E-state index in [0.29, 0.717) is 13.0 Å². The minimum atomic E-state index is -0.458. The van der Waals surface area contributed by atoms with Crippen molar-refractivity contribution in [1.82, 2.24) is 20.4 Å². The fourth-order valence-corrected chi connectivity index (χ4v) is 3.09. The lowest BCUT2D eigenvalue weighted by Gasteiger charge is -2.38. The third kappa shape index (κ3) is 5.44. The molecule has 1 aliphatic rings. The number of urea groups is 1. The van der Waals surface area contributed by atoms with Crippen LogP contribution >= 0.6 is 0 Å². The fraction of sp³-hybridized carbons (Fsp3) is 0.556. The van der Waals surface area contributed by atoms with Crippen molar-refractivity contribution in [2.24, 2.45) is 0 Å². The summed E-state index contributed by atoms with van der Waals surface area (Å²) in [6.45, 7) is 6.57. The van der Waals surface area contributed by atoms with Gasteiger partial charge in [0.05, 0.1) is 7.11 Å². The smallest absolute Gasteiger partial charge is 0.321 e. The molecule has 1 aromatic rings. The van der Waals surface area contributed by atoms with Crippen LogP contribution in [0.4, 0.5) is 4.79 Å². The van der Waals surface area contributed by atoms with Crippen LogP contribution in [-0.2, 0) is 4.79 Å². The molecule has 1 atom stereocenters. The number of para-hydroxylation sites is 1. The molecule has 1 heterocycles. The molecule has 7 nitrogen and oxygen atoms in total. The Morgan fingerprint density at radius 1 is 1.20 bits per heavy atom. The second-order valence-electron chi connectivity index (χ2n) is 6.17. The molecule has 1 aliphatic heterocycles. The number of nitrogens with zero attached hydrogens (tertiary/aromatic N) is 2. The van der Waals surface area contributed by atoms with Crippen molar-refractivity contribution in [1.29, 1.82) is 0 Å². The molecule has 138 valence electrons. The quantitative estimate of drug-likeness (QED) is 0.809. The number of hydrogen-bond donors (Lipinski definition) is 2. The Hall–Kier alpha value is -2.12. The zero-order valence-corrected chi connectivity index (χ0v) is 15.2. The van der Waals surface area contributed by atoms with E-state index in [2.05, 4.69) is 33.4 Å². The van der Waals surface area contributed by atoms with Gasteiger partial charge >= 0.3 is 6.03 Å². The van der Waals surface area contributed by atoms with Gasteiger partial charge in [-0.25, -0.2) is 4.79 Å². The summed E-state index contributed by atoms with van der Waals surface area (Å²) in [6, 6.07) is 7.95. The summed E-state index contributed by atoms with van der Waals surface area (Å²) in [5.41, 5.74) is 1.20. The Labute approximate surface area is 149 Å². The van der Waals surface area contributed by atoms with Crippen LogP contribution in [0.5, 0.6) is 5.75 Å². The Morgan fingerprint density at radius 2 is 1.88 bits per heavy atom. The average molecular weight is 348 g/mol. The Bertz CT molecular complexity index is 585. The molecule has 0 aliphatic carbocycles. The van der Waals surface area contributed by atoms with Crippen LogP contribution in [-0.4, -0.2) is 68.6 Å². The lowest BCUT2D eigenvalue weighted by Crippen LogP contribution is -2.48. The number of piperazine rings is 1. The molecule has 7 heteroatoms. The zero-order valence-electron chi connectivity index (χ0n) is 15.2. The molecule has 0 aromatic heterocycles. The highest BCUT2D eigenvalue weighted by Gasteiger charge is 2.24. The highest BCUT2D eigenvalue weighted by molar-refractivity contribution is 5.94. The molecule has 1 aromatic carbocycles. The van der Waals surface area contributed by atoms with E-state index < -0.39 is 6.03 Å². The minimum absolute atomic E-state index is 0.246. The second kappa shape index (κ2) is 9.39. The van der Waals surface area contributed by atoms with E-state index in [-0.39, 0.29) is 11.9 Å². The molecule has 0 unspecified atom stereocenters. The number of nitrogens with one attached hydrogen (secondary N) is 2. The first-order valence-electron chi connectivity index (χ1n) is 8.66. The highest BCUT2D eigenvalue weighted by Crippen LogP contribution is 2.29. The van der Waals surface area contributed by atoms with Gasteiger partial charge in [-0.15, -0.1) is 0 Å². The molecule has 0 radical (unpaired) electrons. The van der Waals surface area contributed by atoms with Gasteiger partial charge in [0, 0.05) is 57.8 Å².